The van der Waals surface area contributed by atoms with Crippen molar-refractivity contribution in [2.45, 2.75) is 19.6 Å². The number of fused-ring (bicyclic) bond motifs is 4. The molecule has 0 saturated heterocycles. The molecule has 5 aliphatic rings. The number of phenols is 4. The van der Waals surface area contributed by atoms with Crippen molar-refractivity contribution < 1.29 is 72.3 Å². The van der Waals surface area contributed by atoms with Crippen LogP contribution in [0.3, 0.4) is 0 Å². The lowest BCUT2D eigenvalue weighted by Gasteiger charge is -2.14. The maximum absolute atomic E-state index is 12.5. The average molecular weight is 997 g/mol. The smallest absolute Gasteiger partial charge is 0.298 e. The third-order valence-corrected chi connectivity index (χ3v) is 14.2. The third kappa shape index (κ3) is 8.26. The molecule has 68 heavy (non-hydrogen) atoms. The molecule has 24 heteroatoms. The van der Waals surface area contributed by atoms with Crippen LogP contribution in [0.15, 0.2) is 184 Å². The summed E-state index contributed by atoms with van der Waals surface area (Å²) in [5, 5.41) is 41.9. The van der Waals surface area contributed by atoms with Crippen LogP contribution in [0.25, 0.3) is 22.3 Å². The van der Waals surface area contributed by atoms with Crippen LogP contribution < -0.4 is 0 Å². The van der Waals surface area contributed by atoms with Crippen molar-refractivity contribution in [1.29, 1.82) is 0 Å². The van der Waals surface area contributed by atoms with Crippen LogP contribution in [-0.4, -0.2) is 95.2 Å². The number of aliphatic imine (C=N–C) groups is 4. The van der Waals surface area contributed by atoms with Gasteiger partial charge < -0.3 is 20.4 Å². The minimum absolute atomic E-state index is 0.0189. The van der Waals surface area contributed by atoms with Gasteiger partial charge >= 0.3 is 0 Å². The molecule has 5 heterocycles. The van der Waals surface area contributed by atoms with E-state index in [1.807, 2.05) is 0 Å². The van der Waals surface area contributed by atoms with Gasteiger partial charge in [0.25, 0.3) is 40.5 Å². The van der Waals surface area contributed by atoms with E-state index < -0.39 is 83.1 Å². The normalized spacial score (nSPS) is 17.1. The molecule has 0 radical (unpaired) electrons. The van der Waals surface area contributed by atoms with Gasteiger partial charge in [-0.2, -0.15) is 33.7 Å². The van der Waals surface area contributed by atoms with Gasteiger partial charge in [0.05, 0.1) is 45.6 Å². The lowest BCUT2D eigenvalue weighted by atomic mass is 9.98. The number of phenolic OH excluding ortho intramolecular Hbond substituents is 4. The van der Waals surface area contributed by atoms with E-state index in [-0.39, 0.29) is 90.2 Å². The molecule has 0 fully saturated rings. The van der Waals surface area contributed by atoms with Crippen LogP contribution in [0.4, 0.5) is 0 Å². The SMILES string of the molecule is O=S(=O)(O)c1cc(C2=C3C=CC(=N3)C(c3ccc(O)c(S(=O)(=O)O)c3)=C3C=CC(=N3)C(c3ccc(O)c(S(=O)(=O)O)c3)=C3C=CC(=N3)C(c3ccc(O)c(S(=O)(=O)O)c3)=C3C=CC2=N3)ccc1O. The van der Waals surface area contributed by atoms with E-state index in [0.29, 0.717) is 0 Å². The molecule has 5 aliphatic heterocycles. The molecule has 344 valence electrons. The summed E-state index contributed by atoms with van der Waals surface area (Å²) in [5.41, 5.74) is 0.707. The minimum Gasteiger partial charge on any atom is -0.506 e. The molecule has 8 N–H and O–H groups in total. The van der Waals surface area contributed by atoms with Crippen LogP contribution in [0.5, 0.6) is 23.0 Å². The van der Waals surface area contributed by atoms with Crippen LogP contribution in [-0.2, 0) is 40.5 Å². The fraction of sp³-hybridized carbons (Fsp3) is 0. The highest BCUT2D eigenvalue weighted by molar-refractivity contribution is 7.86. The monoisotopic (exact) mass is 996 g/mol. The Morgan fingerprint density at radius 3 is 0.662 bits per heavy atom. The van der Waals surface area contributed by atoms with Crippen molar-refractivity contribution >= 4 is 85.6 Å². The molecule has 9 rings (SSSR count). The van der Waals surface area contributed by atoms with Gasteiger partial charge in [-0.25, -0.2) is 20.0 Å². The van der Waals surface area contributed by atoms with Crippen molar-refractivity contribution in [3.8, 4) is 23.0 Å². The van der Waals surface area contributed by atoms with Gasteiger partial charge in [0.15, 0.2) is 0 Å². The molecule has 4 aromatic carbocycles. The second-order valence-electron chi connectivity index (χ2n) is 15.0. The molecule has 0 atom stereocenters. The first-order valence-electron chi connectivity index (χ1n) is 19.2. The fourth-order valence-corrected chi connectivity index (χ4v) is 10.2. The second kappa shape index (κ2) is 16.0. The summed E-state index contributed by atoms with van der Waals surface area (Å²) >= 11 is 0. The molecule has 20 nitrogen and oxygen atoms in total. The lowest BCUT2D eigenvalue weighted by Crippen LogP contribution is -2.06. The van der Waals surface area contributed by atoms with E-state index in [1.165, 1.54) is 72.9 Å². The molecule has 4 aromatic rings. The largest absolute Gasteiger partial charge is 0.506 e. The van der Waals surface area contributed by atoms with E-state index in [9.17, 15) is 72.3 Å². The van der Waals surface area contributed by atoms with Gasteiger partial charge in [-0.3, -0.25) is 18.2 Å². The van der Waals surface area contributed by atoms with Crippen molar-refractivity contribution in [2.75, 3.05) is 0 Å². The summed E-state index contributed by atoms with van der Waals surface area (Å²) in [6.07, 6.45) is 11.7. The van der Waals surface area contributed by atoms with Crippen molar-refractivity contribution in [3.05, 3.63) is 166 Å². The number of nitrogens with zero attached hydrogens (tertiary/aromatic N) is 4. The van der Waals surface area contributed by atoms with E-state index in [2.05, 4.69) is 0 Å². The summed E-state index contributed by atoms with van der Waals surface area (Å²) in [4.78, 5) is 15.8. The summed E-state index contributed by atoms with van der Waals surface area (Å²) in [5.74, 6) is -3.22. The summed E-state index contributed by atoms with van der Waals surface area (Å²) < 4.78 is 140. The van der Waals surface area contributed by atoms with E-state index >= 15 is 0 Å². The average Bonchev–Trinajstić information content (AvgIpc) is 4.09. The van der Waals surface area contributed by atoms with Crippen molar-refractivity contribution in [2.24, 2.45) is 20.0 Å². The van der Waals surface area contributed by atoms with E-state index in [1.54, 1.807) is 0 Å². The maximum Gasteiger partial charge on any atom is 0.298 e. The number of rotatable bonds is 8. The highest BCUT2D eigenvalue weighted by Gasteiger charge is 2.31. The van der Waals surface area contributed by atoms with Gasteiger partial charge in [-0.05, 0) is 119 Å². The van der Waals surface area contributed by atoms with Crippen molar-refractivity contribution in [1.82, 2.24) is 0 Å². The number of benzene rings is 4. The summed E-state index contributed by atoms with van der Waals surface area (Å²) in [7, 11) is -20.2. The Morgan fingerprint density at radius 2 is 0.485 bits per heavy atom. The summed E-state index contributed by atoms with van der Waals surface area (Å²) in [6.45, 7) is 0. The quantitative estimate of drug-likeness (QED) is 0.101. The Morgan fingerprint density at radius 1 is 0.294 bits per heavy atom. The third-order valence-electron chi connectivity index (χ3n) is 10.7. The van der Waals surface area contributed by atoms with Gasteiger partial charge in [0, 0.05) is 22.3 Å². The zero-order valence-electron chi connectivity index (χ0n) is 33.8. The summed E-state index contributed by atoms with van der Waals surface area (Å²) in [6, 6.07) is 13.0. The Kier molecular flexibility index (Phi) is 10.7. The van der Waals surface area contributed by atoms with E-state index in [0.717, 1.165) is 48.5 Å². The van der Waals surface area contributed by atoms with E-state index in [4.69, 9.17) is 20.0 Å². The molecule has 0 saturated carbocycles. The van der Waals surface area contributed by atoms with Gasteiger partial charge in [0.1, 0.15) is 42.6 Å². The Balaban J connectivity index is 1.42. The Bertz CT molecular complexity index is 3410. The lowest BCUT2D eigenvalue weighted by molar-refractivity contribution is 0.441. The molecule has 0 unspecified atom stereocenters. The van der Waals surface area contributed by atoms with Crippen LogP contribution in [0, 0.1) is 0 Å². The molecule has 0 amide bonds. The molecular weight excluding hydrogens is 969 g/mol. The zero-order valence-corrected chi connectivity index (χ0v) is 37.1. The zero-order chi connectivity index (χ0) is 48.8. The maximum atomic E-state index is 12.5. The van der Waals surface area contributed by atoms with Gasteiger partial charge in [0.2, 0.25) is 0 Å². The molecule has 0 spiro atoms. The number of hydrogen-bond acceptors (Lipinski definition) is 16. The predicted molar refractivity (Wildman–Crippen MR) is 246 cm³/mol. The molecule has 0 aliphatic carbocycles. The van der Waals surface area contributed by atoms with Gasteiger partial charge in [-0.1, -0.05) is 24.3 Å². The molecule has 0 aromatic heterocycles. The molecular formula is C44H28N4O16S4. The van der Waals surface area contributed by atoms with Crippen LogP contribution >= 0.6 is 0 Å². The number of allylic oxidation sites excluding steroid dienone is 12. The van der Waals surface area contributed by atoms with Crippen LogP contribution in [0.2, 0.25) is 0 Å². The standard InChI is InChI=1S/C44H28N4O16S4/c49-33-13-1-21(17-37(33)65(53,54)55)41-25-5-7-27(45-25)42(22-2-14-34(50)38(18-22)66(56,57)58)29-9-11-31(47-29)44(24-4-16-36(52)40(20-24)68(62,63)64)32-12-10-30(48-32)43(28-8-6-26(41)46-28)23-3-15-35(51)39(19-23)67(59,60)61/h1-20,49-52H,(H,53,54,55)(H,56,57,58)(H,59,60,61)(H,62,63,64). The van der Waals surface area contributed by atoms with Crippen LogP contribution in [0.1, 0.15) is 22.3 Å². The minimum atomic E-state index is -5.04. The van der Waals surface area contributed by atoms with Crippen molar-refractivity contribution in [3.63, 3.8) is 0 Å². The number of hydrogen-bond donors (Lipinski definition) is 8. The number of aromatic hydroxyl groups is 4. The Hall–Kier alpha value is -7.68. The fourth-order valence-electron chi connectivity index (χ4n) is 7.78. The highest BCUT2D eigenvalue weighted by atomic mass is 32.2. The highest BCUT2D eigenvalue weighted by Crippen LogP contribution is 2.41. The topological polar surface area (TPSA) is 348 Å². The predicted octanol–water partition coefficient (Wildman–Crippen LogP) is 5.50. The van der Waals surface area contributed by atoms with Gasteiger partial charge in [-0.15, -0.1) is 0 Å². The first-order chi connectivity index (χ1) is 31.9. The second-order valence-corrected chi connectivity index (χ2v) is 20.6. The first kappa shape index (κ1) is 45.5. The molecule has 8 bridgehead atoms. The first-order valence-corrected chi connectivity index (χ1v) is 24.9. The Labute approximate surface area is 385 Å².